The summed E-state index contributed by atoms with van der Waals surface area (Å²) in [5.41, 5.74) is -3.36. The molecule has 2 heterocycles. The Bertz CT molecular complexity index is 745. The maximum Gasteiger partial charge on any atom is 0.338 e. The molecule has 0 fully saturated rings. The molecular formula is C18H24N2O6S2. The second-order valence-electron chi connectivity index (χ2n) is 5.82. The summed E-state index contributed by atoms with van der Waals surface area (Å²) in [4.78, 5) is 34.7. The maximum atomic E-state index is 13.2. The van der Waals surface area contributed by atoms with Crippen LogP contribution in [-0.2, 0) is 29.4 Å². The van der Waals surface area contributed by atoms with Gasteiger partial charge < -0.3 is 18.6 Å². The lowest BCUT2D eigenvalue weighted by molar-refractivity contribution is -0.167. The van der Waals surface area contributed by atoms with E-state index in [4.69, 9.17) is 18.6 Å². The predicted octanol–water partition coefficient (Wildman–Crippen LogP) is 2.87. The van der Waals surface area contributed by atoms with Crippen molar-refractivity contribution in [3.05, 3.63) is 24.2 Å². The summed E-state index contributed by atoms with van der Waals surface area (Å²) in [5, 5.41) is 0. The number of carbonyl (C=O) groups is 2. The average molecular weight is 429 g/mol. The van der Waals surface area contributed by atoms with Crippen LogP contribution in [0.1, 0.15) is 26.5 Å². The smallest absolute Gasteiger partial charge is 0.338 e. The number of thioether (sulfide) groups is 2. The predicted molar refractivity (Wildman–Crippen MR) is 110 cm³/mol. The number of aliphatic imine (C=N–C) groups is 2. The molecule has 0 bridgehead atoms. The Hall–Kier alpha value is -1.94. The molecule has 0 unspecified atom stereocenters. The maximum absolute atomic E-state index is 13.2. The van der Waals surface area contributed by atoms with Gasteiger partial charge in [-0.3, -0.25) is 0 Å². The molecule has 10 heteroatoms. The van der Waals surface area contributed by atoms with Gasteiger partial charge in [0, 0.05) is 0 Å². The fourth-order valence-electron chi connectivity index (χ4n) is 3.00. The number of furan rings is 1. The summed E-state index contributed by atoms with van der Waals surface area (Å²) in [6.07, 6.45) is 6.25. The topological polar surface area (TPSA) is 99.7 Å². The lowest BCUT2D eigenvalue weighted by Crippen LogP contribution is -2.61. The van der Waals surface area contributed by atoms with Crippen LogP contribution in [0.15, 0.2) is 32.8 Å². The molecule has 3 atom stereocenters. The lowest BCUT2D eigenvalue weighted by Gasteiger charge is -2.41. The molecule has 0 radical (unpaired) electrons. The summed E-state index contributed by atoms with van der Waals surface area (Å²) in [6.45, 7) is 5.23. The summed E-state index contributed by atoms with van der Waals surface area (Å²) < 4.78 is 22.6. The van der Waals surface area contributed by atoms with Gasteiger partial charge in [0.1, 0.15) is 4.38 Å². The SMILES string of the molecule is CCOC(=O)[C@H]1N=CO[C@]1(c1ccco1)[C@@](C)(N=C(SC)SC)C(=O)OCC. The van der Waals surface area contributed by atoms with Crippen LogP contribution in [0.4, 0.5) is 0 Å². The molecular weight excluding hydrogens is 404 g/mol. The number of carbonyl (C=O) groups excluding carboxylic acids is 2. The van der Waals surface area contributed by atoms with Crippen molar-refractivity contribution >= 4 is 46.2 Å². The van der Waals surface area contributed by atoms with E-state index in [0.717, 1.165) is 6.40 Å². The van der Waals surface area contributed by atoms with E-state index in [1.807, 2.05) is 12.5 Å². The molecule has 2 rings (SSSR count). The standard InChI is InChI=1S/C18H24N2O6S2/c1-6-23-14(21)13-18(26-11-19-13,12-9-8-10-25-12)17(3,15(22)24-7-2)20-16(27-4)28-5/h8-11,13H,6-7H2,1-5H3/t13-,17+,18+/m1/s1. The van der Waals surface area contributed by atoms with Gasteiger partial charge in [0.25, 0.3) is 0 Å². The van der Waals surface area contributed by atoms with E-state index in [1.54, 1.807) is 32.9 Å². The van der Waals surface area contributed by atoms with E-state index in [-0.39, 0.29) is 19.0 Å². The molecule has 0 spiro atoms. The zero-order valence-electron chi connectivity index (χ0n) is 16.5. The minimum absolute atomic E-state index is 0.136. The second-order valence-corrected chi connectivity index (χ2v) is 7.67. The van der Waals surface area contributed by atoms with Crippen LogP contribution in [0.3, 0.4) is 0 Å². The van der Waals surface area contributed by atoms with Crippen LogP contribution in [0.2, 0.25) is 0 Å². The second kappa shape index (κ2) is 9.51. The van der Waals surface area contributed by atoms with Crippen LogP contribution >= 0.6 is 23.5 Å². The van der Waals surface area contributed by atoms with Crippen molar-refractivity contribution in [3.63, 3.8) is 0 Å². The summed E-state index contributed by atoms with van der Waals surface area (Å²) in [7, 11) is 0. The van der Waals surface area contributed by atoms with Gasteiger partial charge in [-0.2, -0.15) is 0 Å². The summed E-state index contributed by atoms with van der Waals surface area (Å²) in [5.74, 6) is -1.08. The Morgan fingerprint density at radius 3 is 2.50 bits per heavy atom. The highest BCUT2D eigenvalue weighted by Crippen LogP contribution is 2.48. The van der Waals surface area contributed by atoms with Crippen LogP contribution in [0.5, 0.6) is 0 Å². The molecule has 0 amide bonds. The number of rotatable bonds is 7. The van der Waals surface area contributed by atoms with Gasteiger partial charge in [0.2, 0.25) is 17.2 Å². The summed E-state index contributed by atoms with van der Waals surface area (Å²) in [6, 6.07) is 2.06. The largest absolute Gasteiger partial charge is 0.465 e. The van der Waals surface area contributed by atoms with Crippen LogP contribution in [0, 0.1) is 0 Å². The number of hydrogen-bond acceptors (Lipinski definition) is 10. The third-order valence-corrected chi connectivity index (χ3v) is 6.17. The quantitative estimate of drug-likeness (QED) is 0.371. The fourth-order valence-corrected chi connectivity index (χ4v) is 4.22. The molecule has 0 N–H and O–H groups in total. The van der Waals surface area contributed by atoms with Gasteiger partial charge in [0.05, 0.1) is 19.5 Å². The molecule has 0 aliphatic carbocycles. The molecule has 8 nitrogen and oxygen atoms in total. The normalized spacial score (nSPS) is 22.8. The molecule has 0 saturated heterocycles. The van der Waals surface area contributed by atoms with Crippen molar-refractivity contribution in [3.8, 4) is 0 Å². The van der Waals surface area contributed by atoms with E-state index in [9.17, 15) is 9.59 Å². The first-order chi connectivity index (χ1) is 13.4. The van der Waals surface area contributed by atoms with Gasteiger partial charge in [-0.25, -0.2) is 19.6 Å². The molecule has 28 heavy (non-hydrogen) atoms. The average Bonchev–Trinajstić information content (AvgIpc) is 3.36. The third-order valence-electron chi connectivity index (χ3n) is 4.29. The van der Waals surface area contributed by atoms with Crippen molar-refractivity contribution in [1.82, 2.24) is 0 Å². The van der Waals surface area contributed by atoms with E-state index in [0.29, 0.717) is 4.38 Å². The Morgan fingerprint density at radius 2 is 1.96 bits per heavy atom. The van der Waals surface area contributed by atoms with Crippen LogP contribution in [-0.4, -0.2) is 60.0 Å². The van der Waals surface area contributed by atoms with Crippen molar-refractivity contribution < 1.29 is 28.2 Å². The Kier molecular flexibility index (Phi) is 7.59. The Labute approximate surface area is 172 Å². The summed E-state index contributed by atoms with van der Waals surface area (Å²) >= 11 is 2.74. The van der Waals surface area contributed by atoms with E-state index in [1.165, 1.54) is 29.8 Å². The third kappa shape index (κ3) is 3.80. The highest BCUT2D eigenvalue weighted by atomic mass is 32.2. The number of ether oxygens (including phenoxy) is 3. The first kappa shape index (κ1) is 22.4. The minimum Gasteiger partial charge on any atom is -0.465 e. The van der Waals surface area contributed by atoms with Gasteiger partial charge in [0.15, 0.2) is 12.2 Å². The molecule has 0 aromatic carbocycles. The van der Waals surface area contributed by atoms with E-state index < -0.39 is 29.1 Å². The first-order valence-electron chi connectivity index (χ1n) is 8.66. The number of hydrogen-bond donors (Lipinski definition) is 0. The Balaban J connectivity index is 2.76. The van der Waals surface area contributed by atoms with Crippen molar-refractivity contribution in [1.29, 1.82) is 0 Å². The monoisotopic (exact) mass is 428 g/mol. The molecule has 1 aromatic rings. The van der Waals surface area contributed by atoms with Gasteiger partial charge in [-0.15, -0.1) is 23.5 Å². The van der Waals surface area contributed by atoms with Gasteiger partial charge in [-0.1, -0.05) is 0 Å². The molecule has 1 aliphatic rings. The highest BCUT2D eigenvalue weighted by molar-refractivity contribution is 8.38. The minimum atomic E-state index is -1.69. The van der Waals surface area contributed by atoms with E-state index in [2.05, 4.69) is 9.98 Å². The first-order valence-corrected chi connectivity index (χ1v) is 11.1. The van der Waals surface area contributed by atoms with Crippen molar-refractivity contribution in [2.75, 3.05) is 25.7 Å². The molecule has 1 aliphatic heterocycles. The molecule has 154 valence electrons. The highest BCUT2D eigenvalue weighted by Gasteiger charge is 2.68. The number of esters is 2. The zero-order chi connectivity index (χ0) is 20.8. The number of nitrogens with zero attached hydrogens (tertiary/aromatic N) is 2. The van der Waals surface area contributed by atoms with Crippen molar-refractivity contribution in [2.24, 2.45) is 9.98 Å². The van der Waals surface area contributed by atoms with E-state index >= 15 is 0 Å². The fraction of sp³-hybridized carbons (Fsp3) is 0.556. The van der Waals surface area contributed by atoms with Crippen LogP contribution in [0.25, 0.3) is 0 Å². The Morgan fingerprint density at radius 1 is 1.29 bits per heavy atom. The molecule has 1 aromatic heterocycles. The van der Waals surface area contributed by atoms with Crippen molar-refractivity contribution in [2.45, 2.75) is 38.0 Å². The van der Waals surface area contributed by atoms with Gasteiger partial charge >= 0.3 is 11.9 Å². The zero-order valence-corrected chi connectivity index (χ0v) is 18.1. The lowest BCUT2D eigenvalue weighted by atomic mass is 9.74. The van der Waals surface area contributed by atoms with Crippen LogP contribution < -0.4 is 0 Å². The molecule has 0 saturated carbocycles. The van der Waals surface area contributed by atoms with Gasteiger partial charge in [-0.05, 0) is 45.4 Å².